The molecule has 37 heavy (non-hydrogen) atoms. The number of hydrogen-bond donors (Lipinski definition) is 0. The molecule has 170 valence electrons. The van der Waals surface area contributed by atoms with Crippen molar-refractivity contribution in [1.29, 1.82) is 0 Å². The molecule has 3 aromatic heterocycles. The fourth-order valence-corrected chi connectivity index (χ4v) is 10.5. The average molecular weight is 521 g/mol. The van der Waals surface area contributed by atoms with Crippen LogP contribution in [0.2, 0.25) is 0 Å². The lowest BCUT2D eigenvalue weighted by Gasteiger charge is -2.01. The minimum atomic E-state index is 1.30. The first kappa shape index (κ1) is 19.4. The Morgan fingerprint density at radius 1 is 0.459 bits per heavy atom. The molecule has 0 atom stereocenters. The highest BCUT2D eigenvalue weighted by molar-refractivity contribution is 7.39. The van der Waals surface area contributed by atoms with Crippen LogP contribution in [0.25, 0.3) is 51.5 Å². The summed E-state index contributed by atoms with van der Waals surface area (Å²) in [5.74, 6) is 0. The van der Waals surface area contributed by atoms with Crippen molar-refractivity contribution in [3.8, 4) is 10.4 Å². The Kier molecular flexibility index (Phi) is 3.43. The lowest BCUT2D eigenvalue weighted by Crippen LogP contribution is -1.79. The van der Waals surface area contributed by atoms with E-state index < -0.39 is 0 Å². The molecule has 0 nitrogen and oxygen atoms in total. The van der Waals surface area contributed by atoms with E-state index in [0.29, 0.717) is 0 Å². The van der Waals surface area contributed by atoms with Crippen LogP contribution in [0.3, 0.4) is 0 Å². The molecule has 0 spiro atoms. The summed E-state index contributed by atoms with van der Waals surface area (Å²) in [7, 11) is 0. The van der Waals surface area contributed by atoms with Gasteiger partial charge >= 0.3 is 0 Å². The zero-order valence-electron chi connectivity index (χ0n) is 19.5. The van der Waals surface area contributed by atoms with Crippen molar-refractivity contribution in [2.45, 2.75) is 0 Å². The Balaban J connectivity index is 1.34. The van der Waals surface area contributed by atoms with Gasteiger partial charge in [-0.25, -0.2) is 0 Å². The number of fused-ring (bicyclic) bond motifs is 7. The summed E-state index contributed by atoms with van der Waals surface area (Å²) in [5.41, 5.74) is 1.31. The van der Waals surface area contributed by atoms with Crippen LogP contribution in [0.4, 0.5) is 0 Å². The first-order valence-corrected chi connectivity index (χ1v) is 15.0. The van der Waals surface area contributed by atoms with Gasteiger partial charge in [-0.3, -0.25) is 0 Å². The van der Waals surface area contributed by atoms with E-state index in [1.165, 1.54) is 91.8 Å². The molecule has 0 unspecified atom stereocenters. The molecule has 0 saturated heterocycles. The van der Waals surface area contributed by atoms with Gasteiger partial charge in [0.15, 0.2) is 0 Å². The summed E-state index contributed by atoms with van der Waals surface area (Å²) in [6, 6.07) is 36.4. The van der Waals surface area contributed by atoms with Crippen molar-refractivity contribution < 1.29 is 0 Å². The first-order valence-electron chi connectivity index (χ1n) is 12.5. The largest absolute Gasteiger partial charge is 0.135 e. The molecule has 0 amide bonds. The monoisotopic (exact) mass is 520 g/mol. The maximum Gasteiger partial charge on any atom is 0.0884 e. The normalized spacial score (nSPS) is 12.9. The summed E-state index contributed by atoms with van der Waals surface area (Å²) in [5, 5.41) is 16.9. The van der Waals surface area contributed by atoms with Crippen molar-refractivity contribution in [2.75, 3.05) is 0 Å². The third kappa shape index (κ3) is 2.30. The standard InChI is InChI=1S/C34H16S3/c1-2-6-18-15-19(10-9-17(18)5-1)27-16-25-31-22-12-11-21-28-23(32-30(21)20-7-3-4-8-26(20)35-32)13-14-24(29(22)28)33(31)37-34(25)36-27/h1-16H. The van der Waals surface area contributed by atoms with Gasteiger partial charge in [0.05, 0.1) is 4.01 Å². The van der Waals surface area contributed by atoms with Crippen LogP contribution >= 0.6 is 34.0 Å². The van der Waals surface area contributed by atoms with E-state index in [-0.39, 0.29) is 0 Å². The first-order chi connectivity index (χ1) is 18.3. The predicted molar refractivity (Wildman–Crippen MR) is 159 cm³/mol. The highest BCUT2D eigenvalue weighted by Crippen LogP contribution is 2.42. The van der Waals surface area contributed by atoms with Crippen LogP contribution in [0.1, 0.15) is 0 Å². The van der Waals surface area contributed by atoms with E-state index in [2.05, 4.69) is 97.1 Å². The molecule has 0 radical (unpaired) electrons. The molecule has 0 aliphatic heterocycles. The van der Waals surface area contributed by atoms with Crippen LogP contribution in [0, 0.1) is 40.4 Å². The summed E-state index contributed by atoms with van der Waals surface area (Å²) in [6.45, 7) is 0. The van der Waals surface area contributed by atoms with E-state index in [4.69, 9.17) is 0 Å². The zero-order valence-corrected chi connectivity index (χ0v) is 21.9. The maximum atomic E-state index is 2.44. The Hall–Kier alpha value is -3.76. The molecule has 8 aromatic rings. The predicted octanol–water partition coefficient (Wildman–Crippen LogP) is 9.93. The minimum absolute atomic E-state index is 1.30. The second kappa shape index (κ2) is 6.56. The van der Waals surface area contributed by atoms with Crippen LogP contribution in [0.15, 0.2) is 97.1 Å². The van der Waals surface area contributed by atoms with E-state index in [9.17, 15) is 0 Å². The van der Waals surface area contributed by atoms with Gasteiger partial charge in [-0.1, -0.05) is 78.9 Å². The molecule has 10 rings (SSSR count). The molecule has 5 aromatic carbocycles. The van der Waals surface area contributed by atoms with Gasteiger partial charge in [0, 0.05) is 50.3 Å². The Morgan fingerprint density at radius 2 is 1.14 bits per heavy atom. The van der Waals surface area contributed by atoms with Gasteiger partial charge in [0.2, 0.25) is 0 Å². The highest BCUT2D eigenvalue weighted by Gasteiger charge is 2.18. The van der Waals surface area contributed by atoms with Gasteiger partial charge in [0.1, 0.15) is 0 Å². The molecule has 3 heterocycles. The maximum absolute atomic E-state index is 2.44. The Morgan fingerprint density at radius 3 is 1.97 bits per heavy atom. The number of hydrogen-bond acceptors (Lipinski definition) is 3. The van der Waals surface area contributed by atoms with Gasteiger partial charge < -0.3 is 0 Å². The summed E-state index contributed by atoms with van der Waals surface area (Å²) in [4.78, 5) is 1.36. The summed E-state index contributed by atoms with van der Waals surface area (Å²) in [6.07, 6.45) is 0. The number of thiophene rings is 3. The molecule has 2 aliphatic carbocycles. The second-order valence-corrected chi connectivity index (χ2v) is 13.4. The fraction of sp³-hybridized carbons (Fsp3) is 0. The molecule has 2 aliphatic rings. The number of rotatable bonds is 1. The lowest BCUT2D eigenvalue weighted by atomic mass is 10.0. The van der Waals surface area contributed by atoms with Gasteiger partial charge in [-0.15, -0.1) is 34.0 Å². The lowest BCUT2D eigenvalue weighted by molar-refractivity contribution is 1.60. The van der Waals surface area contributed by atoms with Crippen molar-refractivity contribution >= 4 is 75.0 Å². The third-order valence-electron chi connectivity index (χ3n) is 8.21. The average Bonchev–Trinajstić information content (AvgIpc) is 3.71. The molecule has 3 heteroatoms. The molecular formula is C34H16S3. The van der Waals surface area contributed by atoms with E-state index >= 15 is 0 Å². The Labute approximate surface area is 221 Å². The van der Waals surface area contributed by atoms with Crippen molar-refractivity contribution in [2.24, 2.45) is 0 Å². The summed E-state index contributed by atoms with van der Waals surface area (Å²) >= 11 is 5.86. The second-order valence-electron chi connectivity index (χ2n) is 10.1. The molecule has 0 saturated carbocycles. The fourth-order valence-electron chi connectivity index (χ4n) is 6.63. The van der Waals surface area contributed by atoms with Crippen molar-refractivity contribution in [1.82, 2.24) is 0 Å². The topological polar surface area (TPSA) is 0 Å². The van der Waals surface area contributed by atoms with Gasteiger partial charge in [-0.2, -0.15) is 0 Å². The van der Waals surface area contributed by atoms with Gasteiger partial charge in [-0.05, 0) is 55.7 Å². The molecular weight excluding hydrogens is 505 g/mol. The Bertz CT molecular complexity index is 2740. The molecule has 0 fully saturated rings. The van der Waals surface area contributed by atoms with E-state index in [1.807, 2.05) is 34.0 Å². The SMILES string of the molecule is c1ccc2cc(-c3cc4c5c(sc4s3)=c3ccc4c6c(ccc=5c36)=c3c=4sc4ccccc34)ccc2c1. The van der Waals surface area contributed by atoms with Crippen LogP contribution in [-0.2, 0) is 0 Å². The summed E-state index contributed by atoms with van der Waals surface area (Å²) < 4.78 is 5.70. The quantitative estimate of drug-likeness (QED) is 0.202. The van der Waals surface area contributed by atoms with Crippen LogP contribution in [0.5, 0.6) is 0 Å². The van der Waals surface area contributed by atoms with Crippen LogP contribution < -0.4 is 0 Å². The smallest absolute Gasteiger partial charge is 0.0884 e. The minimum Gasteiger partial charge on any atom is -0.135 e. The van der Waals surface area contributed by atoms with Gasteiger partial charge in [0.25, 0.3) is 0 Å². The highest BCUT2D eigenvalue weighted by atomic mass is 32.2. The van der Waals surface area contributed by atoms with Crippen molar-refractivity contribution in [3.05, 3.63) is 137 Å². The van der Waals surface area contributed by atoms with E-state index in [1.54, 1.807) is 0 Å². The van der Waals surface area contributed by atoms with E-state index in [0.717, 1.165) is 0 Å². The molecule has 0 bridgehead atoms. The zero-order chi connectivity index (χ0) is 23.8. The van der Waals surface area contributed by atoms with Crippen LogP contribution in [-0.4, -0.2) is 0 Å². The molecule has 0 N–H and O–H groups in total. The van der Waals surface area contributed by atoms with Crippen molar-refractivity contribution in [3.63, 3.8) is 0 Å². The number of benzene rings is 5. The third-order valence-corrected chi connectivity index (χ3v) is 11.9.